The van der Waals surface area contributed by atoms with Crippen molar-refractivity contribution < 1.29 is 4.79 Å². The van der Waals surface area contributed by atoms with E-state index in [9.17, 15) is 4.79 Å². The van der Waals surface area contributed by atoms with Gasteiger partial charge in [0.25, 0.3) is 5.91 Å². The van der Waals surface area contributed by atoms with Gasteiger partial charge in [-0.2, -0.15) is 0 Å². The Balaban J connectivity index is 2.04. The Morgan fingerprint density at radius 2 is 2.25 bits per heavy atom. The summed E-state index contributed by atoms with van der Waals surface area (Å²) >= 11 is 3.41. The lowest BCUT2D eigenvalue weighted by Crippen LogP contribution is -2.26. The van der Waals surface area contributed by atoms with Gasteiger partial charge in [-0.05, 0) is 43.0 Å². The van der Waals surface area contributed by atoms with Gasteiger partial charge in [0.15, 0.2) is 0 Å². The number of aryl methyl sites for hydroxylation is 1. The number of benzene rings is 1. The monoisotopic (exact) mass is 281 g/mol. The first kappa shape index (κ1) is 11.6. The highest BCUT2D eigenvalue weighted by molar-refractivity contribution is 9.10. The first-order chi connectivity index (χ1) is 7.60. The van der Waals surface area contributed by atoms with Gasteiger partial charge in [0.2, 0.25) is 0 Å². The van der Waals surface area contributed by atoms with E-state index in [2.05, 4.69) is 28.2 Å². The van der Waals surface area contributed by atoms with Crippen molar-refractivity contribution in [1.82, 2.24) is 5.32 Å². The quantitative estimate of drug-likeness (QED) is 0.905. The Morgan fingerprint density at radius 1 is 1.50 bits per heavy atom. The molecule has 0 radical (unpaired) electrons. The fourth-order valence-electron chi connectivity index (χ4n) is 1.99. The highest BCUT2D eigenvalue weighted by atomic mass is 79.9. The molecule has 2 rings (SSSR count). The summed E-state index contributed by atoms with van der Waals surface area (Å²) in [5.41, 5.74) is 1.84. The van der Waals surface area contributed by atoms with Gasteiger partial charge >= 0.3 is 0 Å². The highest BCUT2D eigenvalue weighted by Crippen LogP contribution is 2.33. The average Bonchev–Trinajstić information content (AvgIpc) is 2.95. The number of carbonyl (C=O) groups is 1. The summed E-state index contributed by atoms with van der Waals surface area (Å²) in [5, 5.41) is 3.07. The molecule has 0 spiro atoms. The van der Waals surface area contributed by atoms with Crippen molar-refractivity contribution in [3.63, 3.8) is 0 Å². The molecular weight excluding hydrogens is 266 g/mol. The molecule has 0 bridgehead atoms. The summed E-state index contributed by atoms with van der Waals surface area (Å²) in [4.78, 5) is 11.9. The predicted octanol–water partition coefficient (Wildman–Crippen LogP) is 3.29. The largest absolute Gasteiger partial charge is 0.349 e. The summed E-state index contributed by atoms with van der Waals surface area (Å²) in [5.74, 6) is 0.738. The molecule has 1 amide bonds. The van der Waals surface area contributed by atoms with E-state index < -0.39 is 0 Å². The van der Waals surface area contributed by atoms with Crippen LogP contribution in [-0.4, -0.2) is 11.9 Å². The van der Waals surface area contributed by atoms with Crippen LogP contribution in [0, 0.1) is 12.8 Å². The second-order valence-corrected chi connectivity index (χ2v) is 5.42. The number of amides is 1. The van der Waals surface area contributed by atoms with Crippen LogP contribution >= 0.6 is 15.9 Å². The second-order valence-electron chi connectivity index (χ2n) is 4.50. The summed E-state index contributed by atoms with van der Waals surface area (Å²) < 4.78 is 0.959. The molecule has 1 aliphatic carbocycles. The third kappa shape index (κ3) is 2.64. The van der Waals surface area contributed by atoms with Crippen molar-refractivity contribution in [1.29, 1.82) is 0 Å². The molecule has 2 atom stereocenters. The minimum atomic E-state index is 0.0466. The maximum Gasteiger partial charge on any atom is 0.251 e. The number of carbonyl (C=O) groups excluding carboxylic acids is 1. The van der Waals surface area contributed by atoms with Crippen molar-refractivity contribution in [3.05, 3.63) is 33.8 Å². The number of hydrogen-bond donors (Lipinski definition) is 1. The minimum Gasteiger partial charge on any atom is -0.349 e. The lowest BCUT2D eigenvalue weighted by atomic mass is 10.1. The van der Waals surface area contributed by atoms with E-state index in [0.29, 0.717) is 12.0 Å². The van der Waals surface area contributed by atoms with Crippen molar-refractivity contribution in [2.24, 2.45) is 5.92 Å². The van der Waals surface area contributed by atoms with Crippen molar-refractivity contribution in [2.45, 2.75) is 32.7 Å². The molecule has 1 N–H and O–H groups in total. The van der Waals surface area contributed by atoms with E-state index in [1.807, 2.05) is 25.1 Å². The molecule has 1 aromatic carbocycles. The molecule has 0 aromatic heterocycles. The zero-order chi connectivity index (χ0) is 11.7. The van der Waals surface area contributed by atoms with Crippen LogP contribution in [0.2, 0.25) is 0 Å². The molecule has 2 nitrogen and oxygen atoms in total. The zero-order valence-corrected chi connectivity index (χ0v) is 11.2. The first-order valence-corrected chi connectivity index (χ1v) is 6.47. The van der Waals surface area contributed by atoms with Gasteiger partial charge in [-0.3, -0.25) is 4.79 Å². The SMILES string of the molecule is CCC1CC1NC(=O)c1cc(C)cc(Br)c1. The average molecular weight is 282 g/mol. The smallest absolute Gasteiger partial charge is 0.251 e. The summed E-state index contributed by atoms with van der Waals surface area (Å²) in [6.07, 6.45) is 2.29. The first-order valence-electron chi connectivity index (χ1n) is 5.68. The van der Waals surface area contributed by atoms with Crippen molar-refractivity contribution in [2.75, 3.05) is 0 Å². The molecule has 1 fully saturated rings. The Bertz CT molecular complexity index is 396. The number of halogens is 1. The van der Waals surface area contributed by atoms with Crippen LogP contribution in [0.5, 0.6) is 0 Å². The van der Waals surface area contributed by atoms with Crippen LogP contribution in [0.1, 0.15) is 35.7 Å². The number of nitrogens with one attached hydrogen (secondary N) is 1. The van der Waals surface area contributed by atoms with Gasteiger partial charge in [-0.15, -0.1) is 0 Å². The van der Waals surface area contributed by atoms with Crippen LogP contribution in [-0.2, 0) is 0 Å². The molecule has 0 aliphatic heterocycles. The van der Waals surface area contributed by atoms with Gasteiger partial charge in [-0.1, -0.05) is 29.3 Å². The predicted molar refractivity (Wildman–Crippen MR) is 68.5 cm³/mol. The van der Waals surface area contributed by atoms with E-state index in [-0.39, 0.29) is 5.91 Å². The Kier molecular flexibility index (Phi) is 3.33. The van der Waals surface area contributed by atoms with E-state index in [4.69, 9.17) is 0 Å². The highest BCUT2D eigenvalue weighted by Gasteiger charge is 2.36. The van der Waals surface area contributed by atoms with E-state index >= 15 is 0 Å². The van der Waals surface area contributed by atoms with Crippen molar-refractivity contribution in [3.8, 4) is 0 Å². The van der Waals surface area contributed by atoms with E-state index in [1.165, 1.54) is 0 Å². The van der Waals surface area contributed by atoms with Crippen molar-refractivity contribution >= 4 is 21.8 Å². The molecule has 0 saturated heterocycles. The standard InChI is InChI=1S/C13H16BrNO/c1-3-9-7-12(9)15-13(16)10-4-8(2)5-11(14)6-10/h4-6,9,12H,3,7H2,1-2H3,(H,15,16). The summed E-state index contributed by atoms with van der Waals surface area (Å²) in [7, 11) is 0. The molecule has 2 unspecified atom stereocenters. The zero-order valence-electron chi connectivity index (χ0n) is 9.59. The fourth-order valence-corrected chi connectivity index (χ4v) is 2.60. The van der Waals surface area contributed by atoms with E-state index in [1.54, 1.807) is 0 Å². The maximum absolute atomic E-state index is 11.9. The van der Waals surface area contributed by atoms with Gasteiger partial charge in [0.1, 0.15) is 0 Å². The molecule has 16 heavy (non-hydrogen) atoms. The Morgan fingerprint density at radius 3 is 2.81 bits per heavy atom. The second kappa shape index (κ2) is 4.58. The summed E-state index contributed by atoms with van der Waals surface area (Å²) in [6, 6.07) is 6.19. The molecule has 0 heterocycles. The maximum atomic E-state index is 11.9. The van der Waals surface area contributed by atoms with Crippen LogP contribution in [0.4, 0.5) is 0 Å². The third-order valence-electron chi connectivity index (χ3n) is 3.07. The lowest BCUT2D eigenvalue weighted by molar-refractivity contribution is 0.0949. The normalized spacial score (nSPS) is 22.9. The van der Waals surface area contributed by atoms with Crippen LogP contribution < -0.4 is 5.32 Å². The molecule has 3 heteroatoms. The molecular formula is C13H16BrNO. The number of hydrogen-bond acceptors (Lipinski definition) is 1. The van der Waals surface area contributed by atoms with Crippen LogP contribution in [0.3, 0.4) is 0 Å². The third-order valence-corrected chi connectivity index (χ3v) is 3.53. The molecule has 1 aromatic rings. The fraction of sp³-hybridized carbons (Fsp3) is 0.462. The van der Waals surface area contributed by atoms with Gasteiger partial charge in [0, 0.05) is 16.1 Å². The number of rotatable bonds is 3. The molecule has 86 valence electrons. The van der Waals surface area contributed by atoms with Gasteiger partial charge in [0.05, 0.1) is 0 Å². The summed E-state index contributed by atoms with van der Waals surface area (Å²) in [6.45, 7) is 4.16. The van der Waals surface area contributed by atoms with Gasteiger partial charge < -0.3 is 5.32 Å². The Labute approximate surface area is 105 Å². The lowest BCUT2D eigenvalue weighted by Gasteiger charge is -2.06. The van der Waals surface area contributed by atoms with Crippen LogP contribution in [0.25, 0.3) is 0 Å². The van der Waals surface area contributed by atoms with Gasteiger partial charge in [-0.25, -0.2) is 0 Å². The van der Waals surface area contributed by atoms with E-state index in [0.717, 1.165) is 28.4 Å². The minimum absolute atomic E-state index is 0.0466. The molecule has 1 aliphatic rings. The Hall–Kier alpha value is -0.830. The topological polar surface area (TPSA) is 29.1 Å². The molecule has 1 saturated carbocycles. The van der Waals surface area contributed by atoms with Crippen LogP contribution in [0.15, 0.2) is 22.7 Å².